The molecule has 0 fully saturated rings. The number of rotatable bonds is 8. The summed E-state index contributed by atoms with van der Waals surface area (Å²) in [4.78, 5) is 1.53. The fraction of sp³-hybridized carbons (Fsp3) is 0.600. The Kier molecular flexibility index (Phi) is 6.53. The van der Waals surface area contributed by atoms with E-state index in [2.05, 4.69) is 44.1 Å². The molecule has 96 valence electrons. The average Bonchev–Trinajstić information content (AvgIpc) is 2.77. The van der Waals surface area contributed by atoms with Crippen LogP contribution in [0.3, 0.4) is 0 Å². The summed E-state index contributed by atoms with van der Waals surface area (Å²) in [5.74, 6) is 0. The number of nitrogens with one attached hydrogen (secondary N) is 1. The lowest BCUT2D eigenvalue weighted by atomic mass is 10.0. The maximum Gasteiger partial charge on any atom is 0.0420 e. The molecule has 0 aliphatic rings. The molecule has 0 bridgehead atoms. The molecule has 1 rings (SSSR count). The van der Waals surface area contributed by atoms with Crippen molar-refractivity contribution in [1.82, 2.24) is 5.32 Å². The van der Waals surface area contributed by atoms with E-state index in [1.807, 2.05) is 11.3 Å². The first-order chi connectivity index (χ1) is 8.19. The monoisotopic (exact) mass is 251 g/mol. The Bertz CT molecular complexity index is 340. The highest BCUT2D eigenvalue weighted by molar-refractivity contribution is 7.10. The van der Waals surface area contributed by atoms with Crippen LogP contribution in [0.5, 0.6) is 0 Å². The van der Waals surface area contributed by atoms with Gasteiger partial charge >= 0.3 is 0 Å². The molecule has 1 atom stereocenters. The predicted octanol–water partition coefficient (Wildman–Crippen LogP) is 4.71. The molecule has 1 unspecified atom stereocenters. The Hall–Kier alpha value is -0.600. The van der Waals surface area contributed by atoms with Gasteiger partial charge in [0.2, 0.25) is 0 Å². The Morgan fingerprint density at radius 3 is 2.82 bits per heavy atom. The second-order valence-corrected chi connectivity index (χ2v) is 5.61. The Labute approximate surface area is 110 Å². The van der Waals surface area contributed by atoms with Crippen LogP contribution in [0.1, 0.15) is 56.5 Å². The quantitative estimate of drug-likeness (QED) is 0.660. The van der Waals surface area contributed by atoms with E-state index in [9.17, 15) is 0 Å². The normalized spacial score (nSPS) is 12.6. The van der Waals surface area contributed by atoms with Gasteiger partial charge in [-0.1, -0.05) is 19.4 Å². The summed E-state index contributed by atoms with van der Waals surface area (Å²) in [6, 6.07) is 2.78. The fourth-order valence-corrected chi connectivity index (χ4v) is 3.09. The number of allylic oxidation sites excluding steroid dienone is 1. The van der Waals surface area contributed by atoms with E-state index in [1.165, 1.54) is 28.9 Å². The van der Waals surface area contributed by atoms with Gasteiger partial charge in [0.25, 0.3) is 0 Å². The van der Waals surface area contributed by atoms with Gasteiger partial charge in [0.15, 0.2) is 0 Å². The smallest absolute Gasteiger partial charge is 0.0420 e. The number of hydrogen-bond donors (Lipinski definition) is 1. The molecule has 0 saturated heterocycles. The van der Waals surface area contributed by atoms with Crippen molar-refractivity contribution < 1.29 is 0 Å². The lowest BCUT2D eigenvalue weighted by molar-refractivity contribution is 0.503. The van der Waals surface area contributed by atoms with Gasteiger partial charge in [-0.2, -0.15) is 0 Å². The highest BCUT2D eigenvalue weighted by Gasteiger charge is 2.15. The van der Waals surface area contributed by atoms with Gasteiger partial charge in [-0.15, -0.1) is 17.9 Å². The average molecular weight is 251 g/mol. The molecule has 0 spiro atoms. The van der Waals surface area contributed by atoms with E-state index < -0.39 is 0 Å². The third-order valence-electron chi connectivity index (χ3n) is 2.98. The fourth-order valence-electron chi connectivity index (χ4n) is 1.98. The van der Waals surface area contributed by atoms with Gasteiger partial charge in [-0.3, -0.25) is 0 Å². The molecular weight excluding hydrogens is 226 g/mol. The van der Waals surface area contributed by atoms with E-state index in [1.54, 1.807) is 0 Å². The van der Waals surface area contributed by atoms with Gasteiger partial charge in [0.05, 0.1) is 0 Å². The molecule has 0 aliphatic heterocycles. The van der Waals surface area contributed by atoms with Gasteiger partial charge in [-0.05, 0) is 56.2 Å². The Morgan fingerprint density at radius 1 is 1.47 bits per heavy atom. The molecule has 1 aromatic rings. The molecule has 1 aromatic heterocycles. The molecule has 1 N–H and O–H groups in total. The maximum atomic E-state index is 4.01. The first-order valence-corrected chi connectivity index (χ1v) is 7.51. The van der Waals surface area contributed by atoms with Crippen molar-refractivity contribution in [3.63, 3.8) is 0 Å². The lowest BCUT2D eigenvalue weighted by Gasteiger charge is -2.19. The van der Waals surface area contributed by atoms with Crippen LogP contribution in [-0.4, -0.2) is 6.54 Å². The Morgan fingerprint density at radius 2 is 2.24 bits per heavy atom. The van der Waals surface area contributed by atoms with Crippen LogP contribution >= 0.6 is 11.3 Å². The van der Waals surface area contributed by atoms with Crippen LogP contribution in [0.4, 0.5) is 0 Å². The zero-order valence-corrected chi connectivity index (χ0v) is 12.2. The summed E-state index contributed by atoms with van der Waals surface area (Å²) < 4.78 is 0. The maximum absolute atomic E-state index is 4.01. The van der Waals surface area contributed by atoms with E-state index in [4.69, 9.17) is 0 Å². The third kappa shape index (κ3) is 4.64. The molecule has 1 heterocycles. The SMILES string of the molecule is C=C(C)CCC(NCCC)c1sccc1CC. The highest BCUT2D eigenvalue weighted by atomic mass is 32.1. The first-order valence-electron chi connectivity index (χ1n) is 6.63. The summed E-state index contributed by atoms with van der Waals surface area (Å²) in [6.07, 6.45) is 4.61. The summed E-state index contributed by atoms with van der Waals surface area (Å²) in [7, 11) is 0. The zero-order chi connectivity index (χ0) is 12.7. The second-order valence-electron chi connectivity index (χ2n) is 4.67. The number of hydrogen-bond acceptors (Lipinski definition) is 2. The minimum Gasteiger partial charge on any atom is -0.309 e. The first kappa shape index (κ1) is 14.5. The zero-order valence-electron chi connectivity index (χ0n) is 11.4. The van der Waals surface area contributed by atoms with Crippen LogP contribution in [0.2, 0.25) is 0 Å². The van der Waals surface area contributed by atoms with E-state index in [0.29, 0.717) is 6.04 Å². The molecule has 2 heteroatoms. The molecule has 0 radical (unpaired) electrons. The van der Waals surface area contributed by atoms with Crippen molar-refractivity contribution in [2.75, 3.05) is 6.54 Å². The number of aryl methyl sites for hydroxylation is 1. The lowest BCUT2D eigenvalue weighted by Crippen LogP contribution is -2.22. The second kappa shape index (κ2) is 7.67. The highest BCUT2D eigenvalue weighted by Crippen LogP contribution is 2.29. The van der Waals surface area contributed by atoms with E-state index in [-0.39, 0.29) is 0 Å². The predicted molar refractivity (Wildman–Crippen MR) is 78.8 cm³/mol. The molecule has 0 aromatic carbocycles. The number of thiophene rings is 1. The van der Waals surface area contributed by atoms with Crippen LogP contribution in [0.25, 0.3) is 0 Å². The molecule has 17 heavy (non-hydrogen) atoms. The van der Waals surface area contributed by atoms with Crippen molar-refractivity contribution in [3.05, 3.63) is 34.0 Å². The van der Waals surface area contributed by atoms with E-state index in [0.717, 1.165) is 19.4 Å². The minimum absolute atomic E-state index is 0.515. The van der Waals surface area contributed by atoms with Gasteiger partial charge in [0.1, 0.15) is 0 Å². The van der Waals surface area contributed by atoms with Crippen LogP contribution in [0, 0.1) is 0 Å². The van der Waals surface area contributed by atoms with Crippen LogP contribution in [-0.2, 0) is 6.42 Å². The minimum atomic E-state index is 0.515. The molecule has 0 amide bonds. The summed E-state index contributed by atoms with van der Waals surface area (Å²) in [5.41, 5.74) is 2.79. The summed E-state index contributed by atoms with van der Waals surface area (Å²) >= 11 is 1.89. The molecular formula is C15H25NS. The molecule has 0 saturated carbocycles. The van der Waals surface area contributed by atoms with Crippen molar-refractivity contribution in [3.8, 4) is 0 Å². The van der Waals surface area contributed by atoms with Crippen molar-refractivity contribution in [2.24, 2.45) is 0 Å². The topological polar surface area (TPSA) is 12.0 Å². The third-order valence-corrected chi connectivity index (χ3v) is 4.05. The van der Waals surface area contributed by atoms with Crippen LogP contribution < -0.4 is 5.32 Å². The van der Waals surface area contributed by atoms with Gasteiger partial charge in [-0.25, -0.2) is 0 Å². The largest absolute Gasteiger partial charge is 0.309 e. The van der Waals surface area contributed by atoms with E-state index >= 15 is 0 Å². The molecule has 1 nitrogen and oxygen atoms in total. The van der Waals surface area contributed by atoms with Gasteiger partial charge < -0.3 is 5.32 Å². The molecule has 0 aliphatic carbocycles. The summed E-state index contributed by atoms with van der Waals surface area (Å²) in [5, 5.41) is 5.89. The van der Waals surface area contributed by atoms with Crippen molar-refractivity contribution in [2.45, 2.75) is 52.5 Å². The summed E-state index contributed by atoms with van der Waals surface area (Å²) in [6.45, 7) is 11.7. The standard InChI is InChI=1S/C15H25NS/c1-5-10-16-14(8-7-12(3)4)15-13(6-2)9-11-17-15/h9,11,14,16H,3,5-8,10H2,1-2,4H3. The van der Waals surface area contributed by atoms with Crippen molar-refractivity contribution in [1.29, 1.82) is 0 Å². The van der Waals surface area contributed by atoms with Gasteiger partial charge in [0, 0.05) is 10.9 Å². The van der Waals surface area contributed by atoms with Crippen molar-refractivity contribution >= 4 is 11.3 Å². The Balaban J connectivity index is 2.70. The van der Waals surface area contributed by atoms with Crippen LogP contribution in [0.15, 0.2) is 23.6 Å².